The molecule has 2 N–H and O–H groups in total. The number of nitrogens with one attached hydrogen (secondary N) is 2. The van der Waals surface area contributed by atoms with Crippen molar-refractivity contribution in [2.24, 2.45) is 5.92 Å². The number of carbonyl (C=O) groups is 1. The first-order valence-corrected chi connectivity index (χ1v) is 11.9. The molecule has 1 fully saturated rings. The first-order valence-electron chi connectivity index (χ1n) is 10.4. The van der Waals surface area contributed by atoms with Crippen LogP contribution in [0.5, 0.6) is 0 Å². The molecule has 4 rings (SSSR count). The number of benzene rings is 3. The number of rotatable bonds is 8. The first kappa shape index (κ1) is 21.3. The maximum absolute atomic E-state index is 13.1. The summed E-state index contributed by atoms with van der Waals surface area (Å²) in [6.45, 7) is 2.01. The molecule has 1 atom stereocenters. The Balaban J connectivity index is 1.53. The number of sulfonamides is 1. The monoisotopic (exact) mass is 434 g/mol. The summed E-state index contributed by atoms with van der Waals surface area (Å²) >= 11 is 0. The van der Waals surface area contributed by atoms with Crippen molar-refractivity contribution < 1.29 is 13.2 Å². The van der Waals surface area contributed by atoms with E-state index in [1.165, 1.54) is 12.1 Å². The van der Waals surface area contributed by atoms with E-state index < -0.39 is 10.0 Å². The Morgan fingerprint density at radius 1 is 0.968 bits per heavy atom. The van der Waals surface area contributed by atoms with Gasteiger partial charge in [-0.25, -0.2) is 13.1 Å². The summed E-state index contributed by atoms with van der Waals surface area (Å²) in [7, 11) is -3.75. The Morgan fingerprint density at radius 3 is 2.26 bits per heavy atom. The maximum atomic E-state index is 13.1. The zero-order chi connectivity index (χ0) is 21.8. The van der Waals surface area contributed by atoms with Crippen LogP contribution in [0.4, 0.5) is 0 Å². The highest BCUT2D eigenvalue weighted by Crippen LogP contribution is 2.41. The number of amides is 1. The molecule has 0 spiro atoms. The van der Waals surface area contributed by atoms with E-state index in [0.717, 1.165) is 29.5 Å². The smallest absolute Gasteiger partial charge is 0.252 e. The Labute approximate surface area is 183 Å². The van der Waals surface area contributed by atoms with Gasteiger partial charge in [0.2, 0.25) is 10.0 Å². The molecule has 0 heterocycles. The van der Waals surface area contributed by atoms with Crippen molar-refractivity contribution >= 4 is 15.9 Å². The molecule has 3 aromatic carbocycles. The average Bonchev–Trinajstić information content (AvgIpc) is 3.63. The normalized spacial score (nSPS) is 14.7. The van der Waals surface area contributed by atoms with Gasteiger partial charge >= 0.3 is 0 Å². The van der Waals surface area contributed by atoms with Gasteiger partial charge in [0.15, 0.2) is 0 Å². The van der Waals surface area contributed by atoms with Gasteiger partial charge in [-0.1, -0.05) is 66.7 Å². The third-order valence-corrected chi connectivity index (χ3v) is 7.01. The molecule has 1 aliphatic carbocycles. The number of hydrogen-bond acceptors (Lipinski definition) is 3. The molecule has 0 aromatic heterocycles. The van der Waals surface area contributed by atoms with Gasteiger partial charge in [0.05, 0.1) is 10.9 Å². The van der Waals surface area contributed by atoms with E-state index in [9.17, 15) is 13.2 Å². The van der Waals surface area contributed by atoms with Crippen molar-refractivity contribution in [1.29, 1.82) is 0 Å². The van der Waals surface area contributed by atoms with Crippen LogP contribution in [0.2, 0.25) is 0 Å². The van der Waals surface area contributed by atoms with E-state index in [0.29, 0.717) is 11.5 Å². The Kier molecular flexibility index (Phi) is 6.20. The molecule has 1 saturated carbocycles. The SMILES string of the molecule is Cc1ccc(S(=O)(=O)NCc2ccccc2)cc1C(=O)N[C@@H](c1ccccc1)C1CC1. The summed E-state index contributed by atoms with van der Waals surface area (Å²) in [5.74, 6) is 0.171. The molecule has 160 valence electrons. The van der Waals surface area contributed by atoms with Gasteiger partial charge in [0.1, 0.15) is 0 Å². The van der Waals surface area contributed by atoms with Crippen molar-refractivity contribution in [3.05, 3.63) is 101 Å². The molecule has 1 aliphatic rings. The third kappa shape index (κ3) is 5.21. The summed E-state index contributed by atoms with van der Waals surface area (Å²) in [5, 5.41) is 3.13. The van der Waals surface area contributed by atoms with Crippen molar-refractivity contribution in [3.8, 4) is 0 Å². The van der Waals surface area contributed by atoms with Gasteiger partial charge < -0.3 is 5.32 Å². The fraction of sp³-hybridized carbons (Fsp3) is 0.240. The molecule has 0 radical (unpaired) electrons. The van der Waals surface area contributed by atoms with Gasteiger partial charge in [-0.3, -0.25) is 4.79 Å². The van der Waals surface area contributed by atoms with Crippen LogP contribution >= 0.6 is 0 Å². The predicted molar refractivity (Wildman–Crippen MR) is 121 cm³/mol. The van der Waals surface area contributed by atoms with Gasteiger partial charge in [-0.2, -0.15) is 0 Å². The second-order valence-corrected chi connectivity index (χ2v) is 9.75. The van der Waals surface area contributed by atoms with Crippen molar-refractivity contribution in [3.63, 3.8) is 0 Å². The number of hydrogen-bond donors (Lipinski definition) is 2. The molecule has 3 aromatic rings. The van der Waals surface area contributed by atoms with Crippen LogP contribution in [0.3, 0.4) is 0 Å². The minimum atomic E-state index is -3.75. The van der Waals surface area contributed by atoms with E-state index in [1.54, 1.807) is 6.07 Å². The summed E-state index contributed by atoms with van der Waals surface area (Å²) < 4.78 is 28.2. The van der Waals surface area contributed by atoms with Crippen LogP contribution in [-0.2, 0) is 16.6 Å². The third-order valence-electron chi connectivity index (χ3n) is 5.61. The van der Waals surface area contributed by atoms with Crippen molar-refractivity contribution in [1.82, 2.24) is 10.0 Å². The lowest BCUT2D eigenvalue weighted by atomic mass is 10.0. The van der Waals surface area contributed by atoms with Gasteiger partial charge in [-0.05, 0) is 54.5 Å². The largest absolute Gasteiger partial charge is 0.345 e. The molecule has 0 aliphatic heterocycles. The summed E-state index contributed by atoms with van der Waals surface area (Å²) in [6, 6.07) is 23.9. The zero-order valence-corrected chi connectivity index (χ0v) is 18.2. The Bertz CT molecular complexity index is 1160. The summed E-state index contributed by atoms with van der Waals surface area (Å²) in [6.07, 6.45) is 2.16. The molecular weight excluding hydrogens is 408 g/mol. The molecule has 0 saturated heterocycles. The van der Waals surface area contributed by atoms with E-state index in [4.69, 9.17) is 0 Å². The first-order chi connectivity index (χ1) is 14.9. The number of aryl methyl sites for hydroxylation is 1. The predicted octanol–water partition coefficient (Wildman–Crippen LogP) is 4.35. The quantitative estimate of drug-likeness (QED) is 0.553. The maximum Gasteiger partial charge on any atom is 0.252 e. The van der Waals surface area contributed by atoms with Gasteiger partial charge in [0, 0.05) is 12.1 Å². The van der Waals surface area contributed by atoms with E-state index >= 15 is 0 Å². The topological polar surface area (TPSA) is 75.3 Å². The standard InChI is InChI=1S/C25H26N2O3S/c1-18-12-15-22(31(29,30)26-17-19-8-4-2-5-9-19)16-23(18)25(28)27-24(21-13-14-21)20-10-6-3-7-11-20/h2-12,15-16,21,24,26H,13-14,17H2,1H3,(H,27,28)/t24-/m0/s1. The minimum Gasteiger partial charge on any atom is -0.345 e. The van der Waals surface area contributed by atoms with Crippen LogP contribution in [0.15, 0.2) is 83.8 Å². The van der Waals surface area contributed by atoms with E-state index in [1.807, 2.05) is 67.6 Å². The molecule has 31 heavy (non-hydrogen) atoms. The second kappa shape index (κ2) is 9.04. The van der Waals surface area contributed by atoms with Crippen LogP contribution < -0.4 is 10.0 Å². The summed E-state index contributed by atoms with van der Waals surface area (Å²) in [5.41, 5.74) is 3.06. The van der Waals surface area contributed by atoms with Gasteiger partial charge in [-0.15, -0.1) is 0 Å². The van der Waals surface area contributed by atoms with Gasteiger partial charge in [0.25, 0.3) is 5.91 Å². The van der Waals surface area contributed by atoms with Crippen LogP contribution in [0.25, 0.3) is 0 Å². The minimum absolute atomic E-state index is 0.0652. The Hall–Kier alpha value is -2.96. The molecule has 0 bridgehead atoms. The second-order valence-electron chi connectivity index (χ2n) is 7.99. The van der Waals surface area contributed by atoms with Crippen LogP contribution in [-0.4, -0.2) is 14.3 Å². The number of carbonyl (C=O) groups excluding carboxylic acids is 1. The molecule has 1 amide bonds. The lowest BCUT2D eigenvalue weighted by Gasteiger charge is -2.20. The fourth-order valence-electron chi connectivity index (χ4n) is 3.65. The molecule has 6 heteroatoms. The van der Waals surface area contributed by atoms with Crippen LogP contribution in [0.1, 0.15) is 45.9 Å². The zero-order valence-electron chi connectivity index (χ0n) is 17.4. The van der Waals surface area contributed by atoms with Crippen LogP contribution in [0, 0.1) is 12.8 Å². The Morgan fingerprint density at radius 2 is 1.61 bits per heavy atom. The lowest BCUT2D eigenvalue weighted by molar-refractivity contribution is 0.0931. The molecule has 0 unspecified atom stereocenters. The molecule has 5 nitrogen and oxygen atoms in total. The highest BCUT2D eigenvalue weighted by molar-refractivity contribution is 7.89. The highest BCUT2D eigenvalue weighted by atomic mass is 32.2. The lowest BCUT2D eigenvalue weighted by Crippen LogP contribution is -2.31. The van der Waals surface area contributed by atoms with E-state index in [2.05, 4.69) is 10.0 Å². The van der Waals surface area contributed by atoms with E-state index in [-0.39, 0.29) is 23.4 Å². The highest BCUT2D eigenvalue weighted by Gasteiger charge is 2.33. The summed E-state index contributed by atoms with van der Waals surface area (Å²) in [4.78, 5) is 13.2. The van der Waals surface area contributed by atoms with Crippen molar-refractivity contribution in [2.75, 3.05) is 0 Å². The molecular formula is C25H26N2O3S. The fourth-order valence-corrected chi connectivity index (χ4v) is 4.70. The average molecular weight is 435 g/mol. The van der Waals surface area contributed by atoms with Crippen molar-refractivity contribution in [2.45, 2.75) is 37.2 Å².